The van der Waals surface area contributed by atoms with Crippen LogP contribution in [0.2, 0.25) is 0 Å². The third-order valence-electron chi connectivity index (χ3n) is 2.71. The molecule has 1 atom stereocenters. The van der Waals surface area contributed by atoms with Gasteiger partial charge in [-0.25, -0.2) is 8.78 Å². The number of alkyl halides is 2. The molecule has 1 aromatic heterocycles. The van der Waals surface area contributed by atoms with Crippen molar-refractivity contribution in [2.45, 2.75) is 24.9 Å². The van der Waals surface area contributed by atoms with E-state index < -0.39 is 18.6 Å². The molecule has 1 saturated heterocycles. The summed E-state index contributed by atoms with van der Waals surface area (Å²) in [4.78, 5) is 4.05. The number of aromatic nitrogens is 2. The summed E-state index contributed by atoms with van der Waals surface area (Å²) in [6.07, 6.45) is -1.69. The van der Waals surface area contributed by atoms with Gasteiger partial charge in [0.2, 0.25) is 0 Å². The van der Waals surface area contributed by atoms with Crippen molar-refractivity contribution in [2.75, 3.05) is 26.3 Å². The Morgan fingerprint density at radius 1 is 1.56 bits per heavy atom. The normalized spacial score (nSPS) is 24.0. The Balaban J connectivity index is 1.83. The zero-order valence-corrected chi connectivity index (χ0v) is 9.73. The molecular weight excluding hydrogens is 248 g/mol. The molecule has 1 aromatic rings. The molecule has 6 nitrogen and oxygen atoms in total. The summed E-state index contributed by atoms with van der Waals surface area (Å²) in [6.45, 7) is 0.556. The third kappa shape index (κ3) is 3.21. The fourth-order valence-electron chi connectivity index (χ4n) is 1.74. The summed E-state index contributed by atoms with van der Waals surface area (Å²) in [7, 11) is 0. The van der Waals surface area contributed by atoms with E-state index in [-0.39, 0.29) is 18.9 Å². The fourth-order valence-corrected chi connectivity index (χ4v) is 1.74. The maximum atomic E-state index is 11.8. The van der Waals surface area contributed by atoms with Crippen LogP contribution in [-0.2, 0) is 16.8 Å². The van der Waals surface area contributed by atoms with Crippen LogP contribution in [0.25, 0.3) is 0 Å². The molecule has 1 fully saturated rings. The minimum absolute atomic E-state index is 0.0972. The lowest BCUT2D eigenvalue weighted by Crippen LogP contribution is -2.28. The van der Waals surface area contributed by atoms with Gasteiger partial charge in [-0.2, -0.15) is 4.98 Å². The van der Waals surface area contributed by atoms with Gasteiger partial charge >= 0.3 is 0 Å². The molecule has 0 aliphatic carbocycles. The highest BCUT2D eigenvalue weighted by molar-refractivity contribution is 5.03. The first kappa shape index (κ1) is 13.3. The molecule has 1 aliphatic heterocycles. The highest BCUT2D eigenvalue weighted by Crippen LogP contribution is 2.25. The van der Waals surface area contributed by atoms with Crippen LogP contribution >= 0.6 is 0 Å². The van der Waals surface area contributed by atoms with E-state index >= 15 is 0 Å². The number of nitrogens with one attached hydrogen (secondary N) is 1. The third-order valence-corrected chi connectivity index (χ3v) is 2.71. The predicted molar refractivity (Wildman–Crippen MR) is 56.2 cm³/mol. The summed E-state index contributed by atoms with van der Waals surface area (Å²) in [5.74, 6) is 0.510. The highest BCUT2D eigenvalue weighted by atomic mass is 19.3. The van der Waals surface area contributed by atoms with E-state index in [0.29, 0.717) is 25.3 Å². The topological polar surface area (TPSA) is 80.4 Å². The lowest BCUT2D eigenvalue weighted by atomic mass is 10.0. The minimum Gasteiger partial charge on any atom is -0.379 e. The fraction of sp³-hybridized carbons (Fsp3) is 0.800. The van der Waals surface area contributed by atoms with Crippen molar-refractivity contribution in [2.24, 2.45) is 0 Å². The largest absolute Gasteiger partial charge is 0.379 e. The lowest BCUT2D eigenvalue weighted by molar-refractivity contribution is 0.0181. The molecular formula is C10H15F2N3O3. The van der Waals surface area contributed by atoms with Crippen LogP contribution in [0.4, 0.5) is 8.78 Å². The van der Waals surface area contributed by atoms with Gasteiger partial charge in [-0.15, -0.1) is 0 Å². The molecule has 2 rings (SSSR count). The molecule has 0 saturated carbocycles. The summed E-state index contributed by atoms with van der Waals surface area (Å²) >= 11 is 0. The molecule has 2 heterocycles. The van der Waals surface area contributed by atoms with Gasteiger partial charge < -0.3 is 19.7 Å². The second-order valence-corrected chi connectivity index (χ2v) is 4.19. The number of ether oxygens (including phenoxy) is 1. The monoisotopic (exact) mass is 263 g/mol. The second-order valence-electron chi connectivity index (χ2n) is 4.19. The predicted octanol–water partition coefficient (Wildman–Crippen LogP) is 0.0747. The van der Waals surface area contributed by atoms with E-state index in [1.807, 2.05) is 0 Å². The summed E-state index contributed by atoms with van der Waals surface area (Å²) in [5.41, 5.74) is -1.12. The van der Waals surface area contributed by atoms with Gasteiger partial charge in [-0.1, -0.05) is 5.16 Å². The van der Waals surface area contributed by atoms with Crippen LogP contribution in [-0.4, -0.2) is 48.0 Å². The quantitative estimate of drug-likeness (QED) is 0.707. The maximum Gasteiger partial charge on any atom is 0.261 e. The van der Waals surface area contributed by atoms with Crippen molar-refractivity contribution in [1.82, 2.24) is 15.5 Å². The molecule has 0 spiro atoms. The Bertz CT molecular complexity index is 380. The van der Waals surface area contributed by atoms with Crippen molar-refractivity contribution in [3.05, 3.63) is 11.7 Å². The number of nitrogens with zero attached hydrogens (tertiary/aromatic N) is 2. The van der Waals surface area contributed by atoms with E-state index in [1.54, 1.807) is 0 Å². The van der Waals surface area contributed by atoms with Gasteiger partial charge in [0.05, 0.1) is 6.61 Å². The van der Waals surface area contributed by atoms with Crippen LogP contribution in [0.15, 0.2) is 4.52 Å². The van der Waals surface area contributed by atoms with Crippen LogP contribution < -0.4 is 5.32 Å². The standard InChI is InChI=1S/C10H15F2N3O3/c11-7(12)5-17-4-1-8-14-9(18-15-8)10(16)2-3-13-6-10/h7,13,16H,1-6H2. The van der Waals surface area contributed by atoms with E-state index in [4.69, 9.17) is 9.26 Å². The van der Waals surface area contributed by atoms with Crippen molar-refractivity contribution < 1.29 is 23.1 Å². The van der Waals surface area contributed by atoms with Gasteiger partial charge in [0.25, 0.3) is 12.3 Å². The van der Waals surface area contributed by atoms with Crippen LogP contribution in [0.1, 0.15) is 18.1 Å². The molecule has 2 N–H and O–H groups in total. The van der Waals surface area contributed by atoms with Gasteiger partial charge in [0.15, 0.2) is 11.4 Å². The number of hydrogen-bond acceptors (Lipinski definition) is 6. The molecule has 0 radical (unpaired) electrons. The van der Waals surface area contributed by atoms with Crippen molar-refractivity contribution >= 4 is 0 Å². The summed E-state index contributed by atoms with van der Waals surface area (Å²) in [6, 6.07) is 0. The molecule has 1 aliphatic rings. The van der Waals surface area contributed by atoms with Crippen LogP contribution in [0.5, 0.6) is 0 Å². The van der Waals surface area contributed by atoms with Crippen molar-refractivity contribution in [3.63, 3.8) is 0 Å². The van der Waals surface area contributed by atoms with Crippen molar-refractivity contribution in [1.29, 1.82) is 0 Å². The molecule has 8 heteroatoms. The van der Waals surface area contributed by atoms with E-state index in [2.05, 4.69) is 15.5 Å². The summed E-state index contributed by atoms with van der Waals surface area (Å²) < 4.78 is 33.3. The molecule has 0 amide bonds. The van der Waals surface area contributed by atoms with Crippen LogP contribution in [0.3, 0.4) is 0 Å². The minimum atomic E-state index is -2.48. The Morgan fingerprint density at radius 3 is 3.06 bits per heavy atom. The molecule has 18 heavy (non-hydrogen) atoms. The molecule has 0 aromatic carbocycles. The zero-order chi connectivity index (χ0) is 13.0. The van der Waals surface area contributed by atoms with E-state index in [1.165, 1.54) is 0 Å². The molecule has 0 bridgehead atoms. The first-order valence-corrected chi connectivity index (χ1v) is 5.72. The Morgan fingerprint density at radius 2 is 2.39 bits per heavy atom. The molecule has 102 valence electrons. The second kappa shape index (κ2) is 5.68. The van der Waals surface area contributed by atoms with Gasteiger partial charge in [0, 0.05) is 13.0 Å². The summed E-state index contributed by atoms with van der Waals surface area (Å²) in [5, 5.41) is 16.8. The van der Waals surface area contributed by atoms with Gasteiger partial charge in [-0.3, -0.25) is 0 Å². The number of β-amino-alcohol motifs (C(OH)–C–C–N with tert-alkyl or cyclic N) is 1. The lowest BCUT2D eigenvalue weighted by Gasteiger charge is -2.14. The van der Waals surface area contributed by atoms with Gasteiger partial charge in [0.1, 0.15) is 6.61 Å². The molecule has 1 unspecified atom stereocenters. The Labute approximate surface area is 102 Å². The average molecular weight is 263 g/mol. The SMILES string of the molecule is OC1(c2nc(CCOCC(F)F)no2)CCNC1. The van der Waals surface area contributed by atoms with E-state index in [0.717, 1.165) is 0 Å². The number of halogens is 2. The highest BCUT2D eigenvalue weighted by Gasteiger charge is 2.38. The smallest absolute Gasteiger partial charge is 0.261 e. The first-order valence-electron chi connectivity index (χ1n) is 5.72. The number of aliphatic hydroxyl groups is 1. The number of rotatable bonds is 6. The van der Waals surface area contributed by atoms with Crippen molar-refractivity contribution in [3.8, 4) is 0 Å². The number of hydrogen-bond donors (Lipinski definition) is 2. The first-order chi connectivity index (χ1) is 8.60. The Kier molecular flexibility index (Phi) is 4.20. The zero-order valence-electron chi connectivity index (χ0n) is 9.73. The van der Waals surface area contributed by atoms with Crippen LogP contribution in [0, 0.1) is 0 Å². The average Bonchev–Trinajstić information content (AvgIpc) is 2.94. The van der Waals surface area contributed by atoms with Gasteiger partial charge in [-0.05, 0) is 13.0 Å². The van der Waals surface area contributed by atoms with E-state index in [9.17, 15) is 13.9 Å². The maximum absolute atomic E-state index is 11.8. The Hall–Kier alpha value is -1.12.